The first kappa shape index (κ1) is 34.9. The van der Waals surface area contributed by atoms with Crippen LogP contribution in [0.15, 0.2) is 106 Å². The lowest BCUT2D eigenvalue weighted by Crippen LogP contribution is -2.54. The molecule has 2 amide bonds. The van der Waals surface area contributed by atoms with Crippen LogP contribution in [0.3, 0.4) is 0 Å². The van der Waals surface area contributed by atoms with Crippen LogP contribution in [0.1, 0.15) is 48.1 Å². The summed E-state index contributed by atoms with van der Waals surface area (Å²) in [5, 5.41) is 3.07. The monoisotopic (exact) mass is 703 g/mol. The Morgan fingerprint density at radius 3 is 2.00 bits per heavy atom. The largest absolute Gasteiger partial charge is 0.352 e. The van der Waals surface area contributed by atoms with E-state index in [2.05, 4.69) is 21.2 Å². The lowest BCUT2D eigenvalue weighted by atomic mass is 10.0. The molecule has 4 rings (SSSR count). The van der Waals surface area contributed by atoms with Crippen molar-refractivity contribution in [1.82, 2.24) is 10.2 Å². The average Bonchev–Trinajstić information content (AvgIpc) is 3.02. The maximum Gasteiger partial charge on any atom is 0.264 e. The van der Waals surface area contributed by atoms with Gasteiger partial charge in [-0.1, -0.05) is 89.1 Å². The number of sulfonamides is 1. The first-order chi connectivity index (χ1) is 21.9. The first-order valence-electron chi connectivity index (χ1n) is 15.4. The van der Waals surface area contributed by atoms with Crippen LogP contribution in [-0.4, -0.2) is 43.8 Å². The van der Waals surface area contributed by atoms with Gasteiger partial charge in [0, 0.05) is 23.5 Å². The Bertz CT molecular complexity index is 1720. The first-order valence-corrected chi connectivity index (χ1v) is 17.7. The molecular formula is C37H42BrN3O4S. The third-order valence-electron chi connectivity index (χ3n) is 7.92. The zero-order chi connectivity index (χ0) is 33.4. The van der Waals surface area contributed by atoms with Crippen molar-refractivity contribution in [3.8, 4) is 0 Å². The topological polar surface area (TPSA) is 86.8 Å². The van der Waals surface area contributed by atoms with Gasteiger partial charge in [0.1, 0.15) is 12.6 Å². The summed E-state index contributed by atoms with van der Waals surface area (Å²) >= 11 is 3.47. The Hall–Kier alpha value is -3.95. The van der Waals surface area contributed by atoms with E-state index in [9.17, 15) is 18.0 Å². The van der Waals surface area contributed by atoms with Gasteiger partial charge in [-0.2, -0.15) is 0 Å². The molecule has 0 saturated carbocycles. The number of anilines is 1. The van der Waals surface area contributed by atoms with E-state index in [1.807, 2.05) is 95.3 Å². The Kier molecular flexibility index (Phi) is 11.8. The molecule has 242 valence electrons. The standard InChI is InChI=1S/C37H42BrN3O4S/c1-6-29(5)39-37(43)35(23-30-10-8-7-9-11-30)40(24-31-14-16-32(38)17-15-31)36(42)25-41(33-21-27(3)20-28(4)22-33)46(44,45)34-18-12-26(2)13-19-34/h7-22,29,35H,6,23-25H2,1-5H3,(H,39,43)/t29-,35+/m0/s1. The van der Waals surface area contributed by atoms with Crippen molar-refractivity contribution >= 4 is 43.5 Å². The summed E-state index contributed by atoms with van der Waals surface area (Å²) in [6.07, 6.45) is 0.985. The Labute approximate surface area is 281 Å². The maximum absolute atomic E-state index is 14.6. The van der Waals surface area contributed by atoms with Crippen molar-refractivity contribution in [2.45, 2.75) is 71.0 Å². The molecule has 0 radical (unpaired) electrons. The highest BCUT2D eigenvalue weighted by Crippen LogP contribution is 2.27. The average molecular weight is 705 g/mol. The van der Waals surface area contributed by atoms with Gasteiger partial charge in [0.05, 0.1) is 10.6 Å². The summed E-state index contributed by atoms with van der Waals surface area (Å²) in [4.78, 5) is 30.2. The molecule has 2 atom stereocenters. The SMILES string of the molecule is CC[C@H](C)NC(=O)[C@@H](Cc1ccccc1)N(Cc1ccc(Br)cc1)C(=O)CN(c1cc(C)cc(C)c1)S(=O)(=O)c1ccc(C)cc1. The van der Waals surface area contributed by atoms with Crippen LogP contribution in [0.2, 0.25) is 0 Å². The minimum Gasteiger partial charge on any atom is -0.352 e. The number of benzene rings is 4. The number of amides is 2. The van der Waals surface area contributed by atoms with Crippen molar-refractivity contribution < 1.29 is 18.0 Å². The highest BCUT2D eigenvalue weighted by Gasteiger charge is 2.35. The fraction of sp³-hybridized carbons (Fsp3) is 0.297. The van der Waals surface area contributed by atoms with Crippen molar-refractivity contribution in [1.29, 1.82) is 0 Å². The lowest BCUT2D eigenvalue weighted by Gasteiger charge is -2.34. The van der Waals surface area contributed by atoms with Gasteiger partial charge in [0.25, 0.3) is 10.0 Å². The van der Waals surface area contributed by atoms with Gasteiger partial charge in [-0.3, -0.25) is 13.9 Å². The quantitative estimate of drug-likeness (QED) is 0.161. The van der Waals surface area contributed by atoms with Crippen molar-refractivity contribution in [3.63, 3.8) is 0 Å². The molecule has 0 aliphatic carbocycles. The van der Waals surface area contributed by atoms with Crippen LogP contribution in [0.4, 0.5) is 5.69 Å². The zero-order valence-electron chi connectivity index (χ0n) is 27.0. The normalized spacial score (nSPS) is 12.7. The van der Waals surface area contributed by atoms with E-state index in [0.717, 1.165) is 38.7 Å². The van der Waals surface area contributed by atoms with Gasteiger partial charge in [-0.25, -0.2) is 8.42 Å². The molecule has 9 heteroatoms. The molecule has 1 N–H and O–H groups in total. The minimum atomic E-state index is -4.16. The third kappa shape index (κ3) is 9.07. The number of carbonyl (C=O) groups is 2. The summed E-state index contributed by atoms with van der Waals surface area (Å²) in [6, 6.07) is 28.2. The highest BCUT2D eigenvalue weighted by molar-refractivity contribution is 9.10. The van der Waals surface area contributed by atoms with E-state index in [4.69, 9.17) is 0 Å². The number of aryl methyl sites for hydroxylation is 3. The van der Waals surface area contributed by atoms with E-state index in [0.29, 0.717) is 5.69 Å². The molecule has 46 heavy (non-hydrogen) atoms. The summed E-state index contributed by atoms with van der Waals surface area (Å²) in [6.45, 7) is 9.21. The molecule has 0 aliphatic rings. The molecule has 0 aromatic heterocycles. The molecule has 0 fully saturated rings. The molecule has 0 unspecified atom stereocenters. The minimum absolute atomic E-state index is 0.0832. The van der Waals surface area contributed by atoms with Crippen molar-refractivity contribution in [2.24, 2.45) is 0 Å². The molecule has 0 heterocycles. The summed E-state index contributed by atoms with van der Waals surface area (Å²) in [5.41, 5.74) is 4.74. The highest BCUT2D eigenvalue weighted by atomic mass is 79.9. The fourth-order valence-corrected chi connectivity index (χ4v) is 6.90. The third-order valence-corrected chi connectivity index (χ3v) is 10.2. The van der Waals surface area contributed by atoms with Gasteiger partial charge >= 0.3 is 0 Å². The Morgan fingerprint density at radius 2 is 1.41 bits per heavy atom. The summed E-state index contributed by atoms with van der Waals surface area (Å²) in [5.74, 6) is -0.777. The maximum atomic E-state index is 14.6. The molecule has 0 aliphatic heterocycles. The molecule has 0 saturated heterocycles. The predicted molar refractivity (Wildman–Crippen MR) is 188 cm³/mol. The molecule has 4 aromatic rings. The van der Waals surface area contributed by atoms with E-state index in [1.165, 1.54) is 9.21 Å². The summed E-state index contributed by atoms with van der Waals surface area (Å²) in [7, 11) is -4.16. The van der Waals surface area contributed by atoms with Crippen LogP contribution in [0.25, 0.3) is 0 Å². The van der Waals surface area contributed by atoms with E-state index < -0.39 is 28.5 Å². The van der Waals surface area contributed by atoms with Gasteiger partial charge in [0.15, 0.2) is 0 Å². The lowest BCUT2D eigenvalue weighted by molar-refractivity contribution is -0.140. The Balaban J connectivity index is 1.83. The number of halogens is 1. The molecule has 0 spiro atoms. The van der Waals surface area contributed by atoms with Crippen LogP contribution >= 0.6 is 15.9 Å². The van der Waals surface area contributed by atoms with E-state index in [-0.39, 0.29) is 29.8 Å². The number of nitrogens with one attached hydrogen (secondary N) is 1. The van der Waals surface area contributed by atoms with Gasteiger partial charge in [-0.15, -0.1) is 0 Å². The number of hydrogen-bond acceptors (Lipinski definition) is 4. The van der Waals surface area contributed by atoms with Crippen LogP contribution in [0, 0.1) is 20.8 Å². The number of hydrogen-bond donors (Lipinski definition) is 1. The predicted octanol–water partition coefficient (Wildman–Crippen LogP) is 7.12. The molecule has 4 aromatic carbocycles. The summed E-state index contributed by atoms with van der Waals surface area (Å²) < 4.78 is 30.6. The second kappa shape index (κ2) is 15.6. The molecule has 0 bridgehead atoms. The van der Waals surface area contributed by atoms with Gasteiger partial charge in [0.2, 0.25) is 11.8 Å². The van der Waals surface area contributed by atoms with Crippen LogP contribution < -0.4 is 9.62 Å². The zero-order valence-corrected chi connectivity index (χ0v) is 29.4. The van der Waals surface area contributed by atoms with Crippen LogP contribution in [-0.2, 0) is 32.6 Å². The second-order valence-corrected chi connectivity index (χ2v) is 14.6. The van der Waals surface area contributed by atoms with Crippen molar-refractivity contribution in [3.05, 3.63) is 129 Å². The molecule has 7 nitrogen and oxygen atoms in total. The van der Waals surface area contributed by atoms with Gasteiger partial charge < -0.3 is 10.2 Å². The number of nitrogens with zero attached hydrogens (tertiary/aromatic N) is 2. The van der Waals surface area contributed by atoms with E-state index in [1.54, 1.807) is 36.4 Å². The Morgan fingerprint density at radius 1 is 0.804 bits per heavy atom. The van der Waals surface area contributed by atoms with Crippen molar-refractivity contribution in [2.75, 3.05) is 10.8 Å². The van der Waals surface area contributed by atoms with Crippen LogP contribution in [0.5, 0.6) is 0 Å². The van der Waals surface area contributed by atoms with E-state index >= 15 is 0 Å². The fourth-order valence-electron chi connectivity index (χ4n) is 5.24. The smallest absolute Gasteiger partial charge is 0.264 e. The molecular weight excluding hydrogens is 662 g/mol. The number of rotatable bonds is 13. The van der Waals surface area contributed by atoms with Gasteiger partial charge in [-0.05, 0) is 92.8 Å². The number of carbonyl (C=O) groups excluding carboxylic acids is 2. The second-order valence-electron chi connectivity index (χ2n) is 11.8.